The molecule has 0 saturated heterocycles. The molecule has 0 aliphatic heterocycles. The molecule has 3 rings (SSSR count). The summed E-state index contributed by atoms with van der Waals surface area (Å²) in [4.78, 5) is 23.1. The summed E-state index contributed by atoms with van der Waals surface area (Å²) in [6, 6.07) is 7.53. The van der Waals surface area contributed by atoms with Crippen molar-refractivity contribution in [3.63, 3.8) is 0 Å². The number of rotatable bonds is 11. The highest BCUT2D eigenvalue weighted by atomic mass is 32.2. The number of hydrogen-bond donors (Lipinski definition) is 1. The zero-order chi connectivity index (χ0) is 24.7. The molecule has 13 heteroatoms. The van der Waals surface area contributed by atoms with Crippen molar-refractivity contribution in [2.45, 2.75) is 12.1 Å². The third-order valence-corrected chi connectivity index (χ3v) is 5.21. The maximum absolute atomic E-state index is 12.4. The van der Waals surface area contributed by atoms with E-state index in [1.54, 1.807) is 25.1 Å². The van der Waals surface area contributed by atoms with Gasteiger partial charge in [-0.15, -0.1) is 10.2 Å². The Morgan fingerprint density at radius 2 is 1.82 bits per heavy atom. The van der Waals surface area contributed by atoms with Crippen LogP contribution in [0.3, 0.4) is 0 Å². The van der Waals surface area contributed by atoms with Gasteiger partial charge in [0, 0.05) is 5.56 Å². The fraction of sp³-hybridized carbons (Fsp3) is 0.286. The fourth-order valence-corrected chi connectivity index (χ4v) is 3.49. The number of ether oxygens (including phenoxy) is 4. The Bertz CT molecular complexity index is 1160. The summed E-state index contributed by atoms with van der Waals surface area (Å²) in [6.45, 7) is 2.13. The molecule has 1 N–H and O–H groups in total. The molecule has 0 spiro atoms. The van der Waals surface area contributed by atoms with Crippen molar-refractivity contribution in [2.75, 3.05) is 39.0 Å². The molecule has 1 aromatic heterocycles. The van der Waals surface area contributed by atoms with E-state index in [-0.39, 0.29) is 28.2 Å². The van der Waals surface area contributed by atoms with Gasteiger partial charge in [0.25, 0.3) is 10.9 Å². The van der Waals surface area contributed by atoms with Crippen LogP contribution in [0, 0.1) is 10.1 Å². The first-order valence-electron chi connectivity index (χ1n) is 9.87. The van der Waals surface area contributed by atoms with Crippen LogP contribution in [0.1, 0.15) is 6.92 Å². The minimum atomic E-state index is -0.590. The number of benzene rings is 2. The van der Waals surface area contributed by atoms with Gasteiger partial charge in [-0.3, -0.25) is 14.9 Å². The molecule has 0 saturated carbocycles. The van der Waals surface area contributed by atoms with Gasteiger partial charge in [-0.1, -0.05) is 11.8 Å². The molecule has 180 valence electrons. The summed E-state index contributed by atoms with van der Waals surface area (Å²) >= 11 is 0.982. The van der Waals surface area contributed by atoms with Crippen molar-refractivity contribution in [3.05, 3.63) is 40.4 Å². The van der Waals surface area contributed by atoms with Gasteiger partial charge in [0.1, 0.15) is 11.4 Å². The lowest BCUT2D eigenvalue weighted by molar-refractivity contribution is -0.384. The van der Waals surface area contributed by atoms with E-state index in [9.17, 15) is 14.9 Å². The van der Waals surface area contributed by atoms with Crippen molar-refractivity contribution in [1.29, 1.82) is 0 Å². The van der Waals surface area contributed by atoms with Crippen molar-refractivity contribution in [1.82, 2.24) is 10.2 Å². The molecule has 34 heavy (non-hydrogen) atoms. The highest BCUT2D eigenvalue weighted by molar-refractivity contribution is 7.99. The largest absolute Gasteiger partial charge is 0.494 e. The lowest BCUT2D eigenvalue weighted by Gasteiger charge is -2.12. The van der Waals surface area contributed by atoms with E-state index in [0.717, 1.165) is 11.8 Å². The second kappa shape index (κ2) is 11.2. The highest BCUT2D eigenvalue weighted by Gasteiger charge is 2.20. The fourth-order valence-electron chi connectivity index (χ4n) is 2.93. The highest BCUT2D eigenvalue weighted by Crippen LogP contribution is 2.41. The number of aromatic nitrogens is 2. The molecule has 1 heterocycles. The summed E-state index contributed by atoms with van der Waals surface area (Å²) in [5, 5.41) is 21.9. The van der Waals surface area contributed by atoms with Gasteiger partial charge in [-0.2, -0.15) is 0 Å². The summed E-state index contributed by atoms with van der Waals surface area (Å²) in [5.74, 6) is 1.19. The van der Waals surface area contributed by atoms with Gasteiger partial charge in [0.05, 0.1) is 44.7 Å². The van der Waals surface area contributed by atoms with E-state index >= 15 is 0 Å². The standard InChI is InChI=1S/C21H22N4O8S/c1-5-32-13-6-7-14(15(10-13)25(27)28)22-18(26)11-34-21-24-23-20(33-21)12-8-16(29-2)19(31-4)17(9-12)30-3/h6-10H,5,11H2,1-4H3,(H,22,26). The predicted octanol–water partition coefficient (Wildman–Crippen LogP) is 3.80. The Morgan fingerprint density at radius 3 is 2.41 bits per heavy atom. The van der Waals surface area contributed by atoms with E-state index in [1.807, 2.05) is 0 Å². The van der Waals surface area contributed by atoms with Crippen LogP contribution in [0.5, 0.6) is 23.0 Å². The Labute approximate surface area is 198 Å². The maximum Gasteiger partial charge on any atom is 0.296 e. The van der Waals surface area contributed by atoms with Crippen LogP contribution in [-0.2, 0) is 4.79 Å². The molecule has 0 aliphatic carbocycles. The Kier molecular flexibility index (Phi) is 8.14. The number of carbonyl (C=O) groups is 1. The van der Waals surface area contributed by atoms with Gasteiger partial charge in [0.15, 0.2) is 11.5 Å². The Morgan fingerprint density at radius 1 is 1.12 bits per heavy atom. The monoisotopic (exact) mass is 490 g/mol. The molecule has 3 aromatic rings. The molecular weight excluding hydrogens is 468 g/mol. The minimum Gasteiger partial charge on any atom is -0.494 e. The number of nitro groups is 1. The second-order valence-electron chi connectivity index (χ2n) is 6.49. The van der Waals surface area contributed by atoms with E-state index < -0.39 is 10.8 Å². The van der Waals surface area contributed by atoms with Crippen molar-refractivity contribution in [2.24, 2.45) is 0 Å². The summed E-state index contributed by atoms with van der Waals surface area (Å²) in [6.07, 6.45) is 0. The molecule has 12 nitrogen and oxygen atoms in total. The van der Waals surface area contributed by atoms with Crippen LogP contribution in [0.25, 0.3) is 11.5 Å². The van der Waals surface area contributed by atoms with Gasteiger partial charge in [-0.05, 0) is 31.2 Å². The molecule has 2 aromatic carbocycles. The molecule has 0 atom stereocenters. The second-order valence-corrected chi connectivity index (χ2v) is 7.42. The normalized spacial score (nSPS) is 10.5. The zero-order valence-corrected chi connectivity index (χ0v) is 19.6. The van der Waals surface area contributed by atoms with Gasteiger partial charge in [0.2, 0.25) is 17.5 Å². The van der Waals surface area contributed by atoms with Crippen molar-refractivity contribution < 1.29 is 33.1 Å². The van der Waals surface area contributed by atoms with E-state index in [4.69, 9.17) is 23.4 Å². The molecule has 0 unspecified atom stereocenters. The molecule has 0 bridgehead atoms. The summed E-state index contributed by atoms with van der Waals surface area (Å²) < 4.78 is 26.8. The maximum atomic E-state index is 12.4. The molecule has 0 aliphatic rings. The Hall–Kier alpha value is -4.00. The molecule has 0 radical (unpaired) electrons. The smallest absolute Gasteiger partial charge is 0.296 e. The van der Waals surface area contributed by atoms with Crippen LogP contribution in [0.2, 0.25) is 0 Å². The summed E-state index contributed by atoms with van der Waals surface area (Å²) in [7, 11) is 4.47. The van der Waals surface area contributed by atoms with Crippen LogP contribution < -0.4 is 24.3 Å². The first kappa shape index (κ1) is 24.6. The van der Waals surface area contributed by atoms with Gasteiger partial charge in [-0.25, -0.2) is 0 Å². The molecule has 1 amide bonds. The first-order chi connectivity index (χ1) is 16.4. The van der Waals surface area contributed by atoms with E-state index in [2.05, 4.69) is 15.5 Å². The number of hydrogen-bond acceptors (Lipinski definition) is 11. The predicted molar refractivity (Wildman–Crippen MR) is 123 cm³/mol. The number of nitro benzene ring substituents is 1. The van der Waals surface area contributed by atoms with E-state index in [0.29, 0.717) is 35.2 Å². The topological polar surface area (TPSA) is 148 Å². The van der Waals surface area contributed by atoms with Crippen molar-refractivity contribution in [3.8, 4) is 34.5 Å². The number of methoxy groups -OCH3 is 3. The summed E-state index contributed by atoms with van der Waals surface area (Å²) in [5.41, 5.74) is 0.317. The lowest BCUT2D eigenvalue weighted by Crippen LogP contribution is -2.15. The Balaban J connectivity index is 1.69. The SMILES string of the molecule is CCOc1ccc(NC(=O)CSc2nnc(-c3cc(OC)c(OC)c(OC)c3)o2)c([N+](=O)[O-])c1. The number of carbonyl (C=O) groups excluding carboxylic acids is 1. The third kappa shape index (κ3) is 5.67. The molecular formula is C21H22N4O8S. The number of thioether (sulfide) groups is 1. The number of nitrogens with zero attached hydrogens (tertiary/aromatic N) is 3. The number of nitrogens with one attached hydrogen (secondary N) is 1. The zero-order valence-electron chi connectivity index (χ0n) is 18.8. The van der Waals surface area contributed by atoms with Crippen LogP contribution in [-0.4, -0.2) is 54.7 Å². The first-order valence-corrected chi connectivity index (χ1v) is 10.9. The lowest BCUT2D eigenvalue weighted by atomic mass is 10.2. The number of anilines is 1. The quantitative estimate of drug-likeness (QED) is 0.238. The average molecular weight is 490 g/mol. The van der Waals surface area contributed by atoms with E-state index in [1.165, 1.54) is 33.5 Å². The average Bonchev–Trinajstić information content (AvgIpc) is 3.32. The van der Waals surface area contributed by atoms with Crippen LogP contribution in [0.4, 0.5) is 11.4 Å². The van der Waals surface area contributed by atoms with Crippen LogP contribution >= 0.6 is 11.8 Å². The van der Waals surface area contributed by atoms with Gasteiger partial charge < -0.3 is 28.7 Å². The third-order valence-electron chi connectivity index (χ3n) is 4.40. The van der Waals surface area contributed by atoms with Gasteiger partial charge >= 0.3 is 0 Å². The molecule has 0 fully saturated rings. The number of amides is 1. The van der Waals surface area contributed by atoms with Crippen LogP contribution in [0.15, 0.2) is 40.0 Å². The van der Waals surface area contributed by atoms with Crippen molar-refractivity contribution >= 4 is 29.0 Å². The minimum absolute atomic E-state index is 0.0581.